The summed E-state index contributed by atoms with van der Waals surface area (Å²) in [6, 6.07) is 15.7. The van der Waals surface area contributed by atoms with Gasteiger partial charge in [-0.1, -0.05) is 37.7 Å². The zero-order chi connectivity index (χ0) is 41.4. The van der Waals surface area contributed by atoms with Crippen LogP contribution in [0.2, 0.25) is 5.02 Å². The van der Waals surface area contributed by atoms with E-state index < -0.39 is 35.5 Å². The van der Waals surface area contributed by atoms with Crippen LogP contribution in [0.1, 0.15) is 46.4 Å². The minimum absolute atomic E-state index is 0.0201. The predicted molar refractivity (Wildman–Crippen MR) is 228 cm³/mol. The van der Waals surface area contributed by atoms with Gasteiger partial charge in [0, 0.05) is 69.7 Å². The van der Waals surface area contributed by atoms with Crippen LogP contribution in [0.25, 0.3) is 0 Å². The van der Waals surface area contributed by atoms with Crippen molar-refractivity contribution in [2.45, 2.75) is 31.7 Å². The summed E-state index contributed by atoms with van der Waals surface area (Å²) in [6.07, 6.45) is 3.69. The van der Waals surface area contributed by atoms with Crippen LogP contribution in [0.3, 0.4) is 0 Å². The number of piperidine rings is 2. The molecule has 0 aliphatic carbocycles. The molecule has 0 spiro atoms. The number of aromatic nitrogens is 2. The van der Waals surface area contributed by atoms with Crippen LogP contribution in [0.5, 0.6) is 5.75 Å². The molecule has 1 aromatic heterocycles. The summed E-state index contributed by atoms with van der Waals surface area (Å²) in [6.45, 7) is 9.76. The lowest BCUT2D eigenvalue weighted by atomic mass is 9.95. The maximum atomic E-state index is 15.5. The fourth-order valence-electron chi connectivity index (χ4n) is 8.34. The Morgan fingerprint density at radius 3 is 2.32 bits per heavy atom. The number of ether oxygens (including phenoxy) is 1. The van der Waals surface area contributed by atoms with Gasteiger partial charge in [-0.15, -0.1) is 0 Å². The molecule has 14 nitrogen and oxygen atoms in total. The van der Waals surface area contributed by atoms with E-state index in [1.807, 2.05) is 35.2 Å². The number of nitrogens with zero attached hydrogens (tertiary/aromatic N) is 6. The number of methoxy groups -OCH3 is 1. The lowest BCUT2D eigenvalue weighted by Crippen LogP contribution is -2.54. The second kappa shape index (κ2) is 17.1. The van der Waals surface area contributed by atoms with Crippen LogP contribution in [0, 0.1) is 11.7 Å². The van der Waals surface area contributed by atoms with Gasteiger partial charge in [0.05, 0.1) is 35.8 Å². The molecule has 17 heteroatoms. The van der Waals surface area contributed by atoms with Gasteiger partial charge < -0.3 is 25.2 Å². The predicted octanol–water partition coefficient (Wildman–Crippen LogP) is 5.57. The van der Waals surface area contributed by atoms with Crippen molar-refractivity contribution in [3.8, 4) is 5.75 Å². The fourth-order valence-corrected chi connectivity index (χ4v) is 9.48. The van der Waals surface area contributed by atoms with Crippen LogP contribution in [0.4, 0.5) is 38.9 Å². The van der Waals surface area contributed by atoms with Gasteiger partial charge in [0.25, 0.3) is 11.8 Å². The highest BCUT2D eigenvalue weighted by molar-refractivity contribution is 7.64. The molecule has 3 saturated heterocycles. The van der Waals surface area contributed by atoms with Gasteiger partial charge in [0.15, 0.2) is 5.82 Å². The summed E-state index contributed by atoms with van der Waals surface area (Å²) in [5.74, 6) is -0.999. The average Bonchev–Trinajstić information content (AvgIpc) is 3.46. The first-order chi connectivity index (χ1) is 28.5. The Balaban J connectivity index is 0.838. The van der Waals surface area contributed by atoms with Crippen LogP contribution < -0.4 is 35.8 Å². The molecule has 0 bridgehead atoms. The quantitative estimate of drug-likeness (QED) is 0.128. The van der Waals surface area contributed by atoms with E-state index in [9.17, 15) is 19.2 Å². The molecule has 3 N–H and O–H groups in total. The molecule has 0 saturated carbocycles. The first-order valence-electron chi connectivity index (χ1n) is 19.8. The smallest absolute Gasteiger partial charge is 0.262 e. The number of nitrogens with one attached hydrogen (secondary N) is 3. The zero-order valence-electron chi connectivity index (χ0n) is 33.1. The van der Waals surface area contributed by atoms with Crippen molar-refractivity contribution in [1.82, 2.24) is 25.1 Å². The Morgan fingerprint density at radius 1 is 0.881 bits per heavy atom. The molecule has 4 aliphatic heterocycles. The van der Waals surface area contributed by atoms with Crippen molar-refractivity contribution in [3.63, 3.8) is 0 Å². The lowest BCUT2D eigenvalue weighted by molar-refractivity contribution is -0.136. The number of fused-ring (bicyclic) bond motifs is 1. The third-order valence-corrected chi connectivity index (χ3v) is 13.2. The highest BCUT2D eigenvalue weighted by Gasteiger charge is 2.45. The van der Waals surface area contributed by atoms with E-state index in [4.69, 9.17) is 16.3 Å². The molecule has 8 rings (SSSR count). The van der Waals surface area contributed by atoms with Crippen LogP contribution in [-0.2, 0) is 9.59 Å². The maximum absolute atomic E-state index is 15.5. The van der Waals surface area contributed by atoms with E-state index in [0.717, 1.165) is 73.6 Å². The summed E-state index contributed by atoms with van der Waals surface area (Å²) in [4.78, 5) is 67.2. The van der Waals surface area contributed by atoms with E-state index in [1.54, 1.807) is 13.3 Å². The minimum Gasteiger partial charge on any atom is -0.494 e. The van der Waals surface area contributed by atoms with Crippen LogP contribution in [-0.4, -0.2) is 116 Å². The molecule has 59 heavy (non-hydrogen) atoms. The molecule has 4 amide bonds. The number of hydrogen-bond donors (Lipinski definition) is 3. The Bertz CT molecular complexity index is 2300. The van der Waals surface area contributed by atoms with Crippen LogP contribution in [0.15, 0.2) is 60.8 Å². The molecule has 3 aromatic carbocycles. The van der Waals surface area contributed by atoms with E-state index in [1.165, 1.54) is 11.4 Å². The van der Waals surface area contributed by atoms with E-state index in [-0.39, 0.29) is 37.6 Å². The number of carbonyl (C=O) groups is 4. The zero-order valence-corrected chi connectivity index (χ0v) is 34.8. The van der Waals surface area contributed by atoms with Gasteiger partial charge in [0.2, 0.25) is 17.8 Å². The van der Waals surface area contributed by atoms with Crippen molar-refractivity contribution in [2.24, 2.45) is 5.92 Å². The first kappa shape index (κ1) is 40.4. The van der Waals surface area contributed by atoms with Crippen LogP contribution >= 0.6 is 19.5 Å². The van der Waals surface area contributed by atoms with Crippen molar-refractivity contribution in [2.75, 3.05) is 86.7 Å². The number of hydrogen-bond acceptors (Lipinski definition) is 12. The van der Waals surface area contributed by atoms with Gasteiger partial charge in [-0.05, 0) is 74.1 Å². The standard InChI is InChI=1S/C42H46ClFN9O5P/c1-58-35-20-26(8-9-31(35)47-42-45-23-29(43)38(49-42)46-32-6-4-5-7-36(32)59(2)3)51-14-12-25(13-15-51)24-50-16-18-52(19-17-50)34-22-28-27(21-30(34)44)40(56)53(41(28)57)33-10-11-37(54)48-39(33)55/h4-9,20-23,25,33H,10-19,24H2,1-3H3,(H,48,54,55)(H2,45,46,47,49). The second-order valence-corrected chi connectivity index (χ2v) is 18.1. The summed E-state index contributed by atoms with van der Waals surface area (Å²) in [5.41, 5.74) is 3.06. The second-order valence-electron chi connectivity index (χ2n) is 15.5. The Hall–Kier alpha value is -5.37. The molecule has 3 fully saturated rings. The van der Waals surface area contributed by atoms with Gasteiger partial charge in [0.1, 0.15) is 22.6 Å². The number of imide groups is 2. The summed E-state index contributed by atoms with van der Waals surface area (Å²) < 4.78 is 21.3. The number of rotatable bonds is 11. The fraction of sp³-hybridized carbons (Fsp3) is 0.381. The van der Waals surface area contributed by atoms with Gasteiger partial charge in [-0.3, -0.25) is 34.3 Å². The largest absolute Gasteiger partial charge is 0.494 e. The number of halogens is 2. The molecule has 0 radical (unpaired) electrons. The molecule has 1 atom stereocenters. The Morgan fingerprint density at radius 2 is 1.61 bits per heavy atom. The van der Waals surface area contributed by atoms with E-state index in [0.29, 0.717) is 41.5 Å². The lowest BCUT2D eigenvalue weighted by Gasteiger charge is -2.40. The third-order valence-electron chi connectivity index (χ3n) is 11.5. The maximum Gasteiger partial charge on any atom is 0.262 e. The summed E-state index contributed by atoms with van der Waals surface area (Å²) in [5, 5.41) is 10.5. The number of piperazine rings is 1. The minimum atomic E-state index is -1.10. The summed E-state index contributed by atoms with van der Waals surface area (Å²) in [7, 11) is 1.31. The number of anilines is 6. The monoisotopic (exact) mass is 841 g/mol. The van der Waals surface area contributed by atoms with Gasteiger partial charge in [-0.25, -0.2) is 9.37 Å². The molecule has 4 aromatic rings. The highest BCUT2D eigenvalue weighted by Crippen LogP contribution is 2.36. The Labute approximate surface area is 348 Å². The van der Waals surface area contributed by atoms with Gasteiger partial charge >= 0.3 is 0 Å². The van der Waals surface area contributed by atoms with Crippen molar-refractivity contribution in [3.05, 3.63) is 82.8 Å². The topological polar surface area (TPSA) is 152 Å². The molecule has 4 aliphatic rings. The molecule has 1 unspecified atom stereocenters. The third kappa shape index (κ3) is 8.41. The molecular formula is C42H46ClFN9O5P. The molecular weight excluding hydrogens is 796 g/mol. The van der Waals surface area contributed by atoms with E-state index >= 15 is 4.39 Å². The number of carbonyl (C=O) groups excluding carboxylic acids is 4. The number of benzene rings is 3. The normalized spacial score (nSPS) is 19.0. The van der Waals surface area contributed by atoms with E-state index in [2.05, 4.69) is 61.2 Å². The van der Waals surface area contributed by atoms with Crippen molar-refractivity contribution >= 4 is 83.0 Å². The first-order valence-corrected chi connectivity index (χ1v) is 22.4. The number of para-hydroxylation sites is 1. The average molecular weight is 842 g/mol. The van der Waals surface area contributed by atoms with Crippen molar-refractivity contribution in [1.29, 1.82) is 0 Å². The highest BCUT2D eigenvalue weighted by atomic mass is 35.5. The molecule has 308 valence electrons. The summed E-state index contributed by atoms with van der Waals surface area (Å²) >= 11 is 6.51. The number of amides is 4. The molecule has 5 heterocycles. The van der Waals surface area contributed by atoms with Gasteiger partial charge in [-0.2, -0.15) is 4.98 Å². The van der Waals surface area contributed by atoms with Crippen molar-refractivity contribution < 1.29 is 28.3 Å². The SMILES string of the molecule is COc1cc(N2CCC(CN3CCN(c4cc5c(cc4F)C(=O)N(C4CCC(=O)NC4=O)C5=O)CC3)CC2)ccc1Nc1ncc(Cl)c(Nc2ccccc2P(C)C)n1. The Kier molecular flexibility index (Phi) is 11.7.